The summed E-state index contributed by atoms with van der Waals surface area (Å²) in [5, 5.41) is 5.92. The van der Waals surface area contributed by atoms with Crippen molar-refractivity contribution in [3.63, 3.8) is 0 Å². The highest BCUT2D eigenvalue weighted by atomic mass is 35.5. The van der Waals surface area contributed by atoms with Crippen LogP contribution in [-0.2, 0) is 9.53 Å². The molecular formula is C20H19ClN2O4. The zero-order valence-corrected chi connectivity index (χ0v) is 15.5. The number of nitrogens with one attached hydrogen (secondary N) is 2. The highest BCUT2D eigenvalue weighted by molar-refractivity contribution is 6.30. The Morgan fingerprint density at radius 1 is 1.19 bits per heavy atom. The van der Waals surface area contributed by atoms with E-state index < -0.39 is 24.0 Å². The second-order valence-electron chi connectivity index (χ2n) is 5.96. The largest absolute Gasteiger partial charge is 0.465 e. The molecular weight excluding hydrogens is 368 g/mol. The van der Waals surface area contributed by atoms with Crippen molar-refractivity contribution in [2.75, 3.05) is 6.61 Å². The van der Waals surface area contributed by atoms with Gasteiger partial charge in [0.05, 0.1) is 12.6 Å². The smallest absolute Gasteiger partial charge is 0.319 e. The fraction of sp³-hybridized carbons (Fsp3) is 0.200. The van der Waals surface area contributed by atoms with Crippen molar-refractivity contribution in [3.05, 3.63) is 71.4 Å². The summed E-state index contributed by atoms with van der Waals surface area (Å²) in [5.74, 6) is -0.00877. The second kappa shape index (κ2) is 8.14. The Morgan fingerprint density at radius 3 is 2.63 bits per heavy atom. The van der Waals surface area contributed by atoms with Gasteiger partial charge in [-0.1, -0.05) is 30.3 Å². The molecule has 1 saturated heterocycles. The first kappa shape index (κ1) is 18.8. The number of amides is 2. The van der Waals surface area contributed by atoms with E-state index in [9.17, 15) is 9.59 Å². The molecule has 1 aliphatic rings. The van der Waals surface area contributed by atoms with E-state index in [1.54, 1.807) is 49.4 Å². The number of hydrogen-bond acceptors (Lipinski definition) is 4. The first-order valence-corrected chi connectivity index (χ1v) is 8.82. The molecule has 0 saturated carbocycles. The van der Waals surface area contributed by atoms with Gasteiger partial charge in [0, 0.05) is 10.7 Å². The van der Waals surface area contributed by atoms with Gasteiger partial charge >= 0.3 is 12.0 Å². The van der Waals surface area contributed by atoms with Crippen LogP contribution in [0.2, 0.25) is 5.02 Å². The molecule has 1 aliphatic heterocycles. The molecule has 2 atom stereocenters. The molecule has 0 aromatic heterocycles. The van der Waals surface area contributed by atoms with E-state index in [0.717, 1.165) is 0 Å². The van der Waals surface area contributed by atoms with Gasteiger partial charge in [-0.25, -0.2) is 4.79 Å². The van der Waals surface area contributed by atoms with Crippen LogP contribution in [0.5, 0.6) is 11.5 Å². The van der Waals surface area contributed by atoms with Gasteiger partial charge in [0.1, 0.15) is 17.4 Å². The summed E-state index contributed by atoms with van der Waals surface area (Å²) in [6.45, 7) is 5.77. The van der Waals surface area contributed by atoms with E-state index in [2.05, 4.69) is 17.2 Å². The van der Waals surface area contributed by atoms with E-state index in [1.807, 2.05) is 6.07 Å². The number of carbonyl (C=O) groups is 2. The molecule has 7 heteroatoms. The van der Waals surface area contributed by atoms with Crippen LogP contribution in [0.4, 0.5) is 4.79 Å². The number of urea groups is 1. The van der Waals surface area contributed by atoms with E-state index in [4.69, 9.17) is 21.1 Å². The summed E-state index contributed by atoms with van der Waals surface area (Å²) in [6, 6.07) is 13.1. The van der Waals surface area contributed by atoms with Crippen LogP contribution in [0.1, 0.15) is 18.5 Å². The van der Waals surface area contributed by atoms with Crippen LogP contribution in [0.3, 0.4) is 0 Å². The Kier molecular flexibility index (Phi) is 5.66. The third kappa shape index (κ3) is 4.41. The highest BCUT2D eigenvalue weighted by Gasteiger charge is 2.38. The van der Waals surface area contributed by atoms with Gasteiger partial charge in [-0.3, -0.25) is 4.79 Å². The van der Waals surface area contributed by atoms with E-state index in [1.165, 1.54) is 0 Å². The number of ether oxygens (including phenoxy) is 2. The Hall–Kier alpha value is -2.99. The van der Waals surface area contributed by atoms with E-state index in [0.29, 0.717) is 27.8 Å². The predicted octanol–water partition coefficient (Wildman–Crippen LogP) is 4.18. The quantitative estimate of drug-likeness (QED) is 0.756. The van der Waals surface area contributed by atoms with Gasteiger partial charge in [-0.15, -0.1) is 0 Å². The molecule has 1 heterocycles. The molecule has 6 nitrogen and oxygen atoms in total. The maximum absolute atomic E-state index is 12.4. The molecule has 2 N–H and O–H groups in total. The van der Waals surface area contributed by atoms with Gasteiger partial charge < -0.3 is 20.1 Å². The average molecular weight is 387 g/mol. The number of benzene rings is 2. The minimum Gasteiger partial charge on any atom is -0.465 e. The lowest BCUT2D eigenvalue weighted by molar-refractivity contribution is -0.147. The van der Waals surface area contributed by atoms with Gasteiger partial charge in [-0.05, 0) is 48.9 Å². The fourth-order valence-corrected chi connectivity index (χ4v) is 3.01. The maximum atomic E-state index is 12.4. The molecule has 0 spiro atoms. The van der Waals surface area contributed by atoms with Crippen molar-refractivity contribution in [2.24, 2.45) is 5.92 Å². The second-order valence-corrected chi connectivity index (χ2v) is 6.40. The maximum Gasteiger partial charge on any atom is 0.319 e. The molecule has 2 aromatic carbocycles. The van der Waals surface area contributed by atoms with Gasteiger partial charge in [0.15, 0.2) is 0 Å². The molecule has 0 unspecified atom stereocenters. The van der Waals surface area contributed by atoms with Crippen molar-refractivity contribution in [3.8, 4) is 11.5 Å². The number of halogens is 1. The highest BCUT2D eigenvalue weighted by Crippen LogP contribution is 2.33. The van der Waals surface area contributed by atoms with E-state index in [-0.39, 0.29) is 6.61 Å². The molecule has 2 amide bonds. The van der Waals surface area contributed by atoms with Gasteiger partial charge in [0.2, 0.25) is 0 Å². The third-order valence-electron chi connectivity index (χ3n) is 4.08. The summed E-state index contributed by atoms with van der Waals surface area (Å²) in [7, 11) is 0. The fourth-order valence-electron chi connectivity index (χ4n) is 2.88. The minimum atomic E-state index is -0.742. The van der Waals surface area contributed by atoms with Crippen molar-refractivity contribution in [1.82, 2.24) is 10.6 Å². The first-order valence-electron chi connectivity index (χ1n) is 8.44. The lowest BCUT2D eigenvalue weighted by atomic mass is 9.89. The SMILES string of the molecule is C=C1NC(=O)N[C@H](c2cccc(Oc3ccc(Cl)cc3)c2)[C@H]1C(=O)OCC. The summed E-state index contributed by atoms with van der Waals surface area (Å²) in [4.78, 5) is 24.3. The number of hydrogen-bond donors (Lipinski definition) is 2. The number of esters is 1. The molecule has 2 aromatic rings. The zero-order valence-electron chi connectivity index (χ0n) is 14.7. The standard InChI is InChI=1S/C20H19ClN2O4/c1-3-26-19(24)17-12(2)22-20(25)23-18(17)13-5-4-6-16(11-13)27-15-9-7-14(21)8-10-15/h4-11,17-18H,2-3H2,1H3,(H2,22,23,25)/t17-,18+/m0/s1. The van der Waals surface area contributed by atoms with Crippen molar-refractivity contribution >= 4 is 23.6 Å². The lowest BCUT2D eigenvalue weighted by Crippen LogP contribution is -2.51. The Balaban J connectivity index is 1.88. The van der Waals surface area contributed by atoms with Crippen LogP contribution in [0, 0.1) is 5.92 Å². The summed E-state index contributed by atoms with van der Waals surface area (Å²) < 4.78 is 11.0. The van der Waals surface area contributed by atoms with Crippen LogP contribution < -0.4 is 15.4 Å². The van der Waals surface area contributed by atoms with Gasteiger partial charge in [0.25, 0.3) is 0 Å². The molecule has 140 valence electrons. The molecule has 1 fully saturated rings. The molecule has 0 radical (unpaired) electrons. The number of carbonyl (C=O) groups excluding carboxylic acids is 2. The molecule has 3 rings (SSSR count). The summed E-state index contributed by atoms with van der Waals surface area (Å²) in [5.41, 5.74) is 1.00. The molecule has 0 aliphatic carbocycles. The van der Waals surface area contributed by atoms with Crippen molar-refractivity contribution < 1.29 is 19.1 Å². The first-order chi connectivity index (χ1) is 13.0. The van der Waals surface area contributed by atoms with Crippen LogP contribution >= 0.6 is 11.6 Å². The minimum absolute atomic E-state index is 0.239. The average Bonchev–Trinajstić information content (AvgIpc) is 2.63. The Labute approximate surface area is 162 Å². The Morgan fingerprint density at radius 2 is 1.93 bits per heavy atom. The van der Waals surface area contributed by atoms with E-state index >= 15 is 0 Å². The summed E-state index contributed by atoms with van der Waals surface area (Å²) in [6.07, 6.45) is 0. The summed E-state index contributed by atoms with van der Waals surface area (Å²) >= 11 is 5.89. The normalized spacial score (nSPS) is 19.0. The topological polar surface area (TPSA) is 76.7 Å². The van der Waals surface area contributed by atoms with Gasteiger partial charge in [-0.2, -0.15) is 0 Å². The lowest BCUT2D eigenvalue weighted by Gasteiger charge is -2.33. The molecule has 0 bridgehead atoms. The predicted molar refractivity (Wildman–Crippen MR) is 102 cm³/mol. The monoisotopic (exact) mass is 386 g/mol. The van der Waals surface area contributed by atoms with Crippen LogP contribution in [0.15, 0.2) is 60.8 Å². The van der Waals surface area contributed by atoms with Crippen molar-refractivity contribution in [1.29, 1.82) is 0 Å². The molecule has 27 heavy (non-hydrogen) atoms. The van der Waals surface area contributed by atoms with Crippen LogP contribution in [-0.4, -0.2) is 18.6 Å². The number of rotatable bonds is 5. The zero-order chi connectivity index (χ0) is 19.4. The van der Waals surface area contributed by atoms with Crippen LogP contribution in [0.25, 0.3) is 0 Å². The third-order valence-corrected chi connectivity index (χ3v) is 4.33. The van der Waals surface area contributed by atoms with Crippen molar-refractivity contribution in [2.45, 2.75) is 13.0 Å². The Bertz CT molecular complexity index is 867.